The number of hydrogen-bond acceptors (Lipinski definition) is 4. The molecule has 2 rings (SSSR count). The fourth-order valence-electron chi connectivity index (χ4n) is 2.02. The van der Waals surface area contributed by atoms with Gasteiger partial charge in [-0.25, -0.2) is 4.39 Å². The molecule has 0 spiro atoms. The molecule has 104 valence electrons. The van der Waals surface area contributed by atoms with Gasteiger partial charge in [0.25, 0.3) is 5.91 Å². The number of rotatable bonds is 3. The van der Waals surface area contributed by atoms with E-state index in [4.69, 9.17) is 4.74 Å². The molecule has 1 aliphatic heterocycles. The number of nitrogens with one attached hydrogen (secondary N) is 1. The average molecular weight is 268 g/mol. The molecule has 1 fully saturated rings. The summed E-state index contributed by atoms with van der Waals surface area (Å²) in [7, 11) is 1.63. The predicted octanol–water partition coefficient (Wildman–Crippen LogP) is 0.592. The van der Waals surface area contributed by atoms with E-state index in [0.29, 0.717) is 19.7 Å². The number of morpholine rings is 1. The smallest absolute Gasteiger partial charge is 0.257 e. The van der Waals surface area contributed by atoms with Gasteiger partial charge in [0.1, 0.15) is 11.6 Å². The molecule has 6 heteroatoms. The maximum absolute atomic E-state index is 12.9. The van der Waals surface area contributed by atoms with Crippen molar-refractivity contribution in [2.75, 3.05) is 33.3 Å². The Morgan fingerprint density at radius 1 is 1.63 bits per heavy atom. The summed E-state index contributed by atoms with van der Waals surface area (Å²) in [5.74, 6) is -1.28. The maximum atomic E-state index is 12.9. The van der Waals surface area contributed by atoms with Gasteiger partial charge in [-0.2, -0.15) is 0 Å². The van der Waals surface area contributed by atoms with E-state index in [9.17, 15) is 14.3 Å². The van der Waals surface area contributed by atoms with Crippen LogP contribution in [0.5, 0.6) is 5.75 Å². The van der Waals surface area contributed by atoms with Crippen LogP contribution in [0.4, 0.5) is 4.39 Å². The molecule has 0 saturated carbocycles. The second-order valence-corrected chi connectivity index (χ2v) is 4.54. The standard InChI is InChI=1S/C13H17FN2O3/c1-16(8-10-7-15-4-5-19-10)13(18)11-3-2-9(14)6-12(11)17/h2-3,6,10,15,17H,4-5,7-8H2,1H3. The molecule has 0 aromatic heterocycles. The molecule has 1 saturated heterocycles. The molecule has 1 atom stereocenters. The van der Waals surface area contributed by atoms with E-state index < -0.39 is 5.82 Å². The van der Waals surface area contributed by atoms with Crippen LogP contribution in [0.15, 0.2) is 18.2 Å². The Morgan fingerprint density at radius 3 is 3.05 bits per heavy atom. The van der Waals surface area contributed by atoms with Gasteiger partial charge in [-0.15, -0.1) is 0 Å². The minimum Gasteiger partial charge on any atom is -0.507 e. The molecule has 1 amide bonds. The summed E-state index contributed by atoms with van der Waals surface area (Å²) in [6, 6.07) is 3.36. The van der Waals surface area contributed by atoms with E-state index in [2.05, 4.69) is 5.32 Å². The Labute approximate surface area is 111 Å². The quantitative estimate of drug-likeness (QED) is 0.842. The monoisotopic (exact) mass is 268 g/mol. The van der Waals surface area contributed by atoms with Crippen LogP contribution in [-0.2, 0) is 4.74 Å². The van der Waals surface area contributed by atoms with Gasteiger partial charge in [0.05, 0.1) is 18.3 Å². The molecule has 19 heavy (non-hydrogen) atoms. The van der Waals surface area contributed by atoms with Crippen LogP contribution in [0.3, 0.4) is 0 Å². The van der Waals surface area contributed by atoms with Crippen molar-refractivity contribution in [3.8, 4) is 5.75 Å². The number of hydrogen-bond donors (Lipinski definition) is 2. The van der Waals surface area contributed by atoms with Gasteiger partial charge in [0.15, 0.2) is 0 Å². The molecule has 2 N–H and O–H groups in total. The van der Waals surface area contributed by atoms with Crippen LogP contribution in [0.25, 0.3) is 0 Å². The summed E-state index contributed by atoms with van der Waals surface area (Å²) >= 11 is 0. The van der Waals surface area contributed by atoms with Crippen LogP contribution in [0, 0.1) is 5.82 Å². The number of carbonyl (C=O) groups is 1. The van der Waals surface area contributed by atoms with Gasteiger partial charge in [-0.05, 0) is 12.1 Å². The summed E-state index contributed by atoms with van der Waals surface area (Å²) in [4.78, 5) is 13.6. The number of phenolic OH excluding ortho intramolecular Hbond substituents is 1. The zero-order valence-electron chi connectivity index (χ0n) is 10.7. The lowest BCUT2D eigenvalue weighted by Crippen LogP contribution is -2.45. The molecule has 5 nitrogen and oxygen atoms in total. The van der Waals surface area contributed by atoms with Gasteiger partial charge in [0.2, 0.25) is 0 Å². The normalized spacial score (nSPS) is 19.2. The molecule has 0 bridgehead atoms. The van der Waals surface area contributed by atoms with Gasteiger partial charge < -0.3 is 20.1 Å². The third-order valence-electron chi connectivity index (χ3n) is 3.02. The molecular formula is C13H17FN2O3. The largest absolute Gasteiger partial charge is 0.507 e. The van der Waals surface area contributed by atoms with Crippen molar-refractivity contribution >= 4 is 5.91 Å². The van der Waals surface area contributed by atoms with Crippen LogP contribution in [0.2, 0.25) is 0 Å². The van der Waals surface area contributed by atoms with Crippen molar-refractivity contribution in [2.45, 2.75) is 6.10 Å². The highest BCUT2D eigenvalue weighted by Gasteiger charge is 2.21. The highest BCUT2D eigenvalue weighted by molar-refractivity contribution is 5.96. The number of benzene rings is 1. The number of aromatic hydroxyl groups is 1. The molecule has 1 aromatic carbocycles. The minimum absolute atomic E-state index is 0.0645. The van der Waals surface area contributed by atoms with Crippen LogP contribution >= 0.6 is 0 Å². The van der Waals surface area contributed by atoms with Crippen molar-refractivity contribution in [3.05, 3.63) is 29.6 Å². The van der Waals surface area contributed by atoms with Crippen LogP contribution < -0.4 is 5.32 Å². The van der Waals surface area contributed by atoms with Crippen molar-refractivity contribution in [2.24, 2.45) is 0 Å². The van der Waals surface area contributed by atoms with Gasteiger partial charge in [-0.1, -0.05) is 0 Å². The van der Waals surface area contributed by atoms with Gasteiger partial charge >= 0.3 is 0 Å². The summed E-state index contributed by atoms with van der Waals surface area (Å²) in [6.07, 6.45) is -0.0645. The van der Waals surface area contributed by atoms with E-state index in [0.717, 1.165) is 18.7 Å². The third-order valence-corrected chi connectivity index (χ3v) is 3.02. The van der Waals surface area contributed by atoms with Crippen LogP contribution in [0.1, 0.15) is 10.4 Å². The number of carbonyl (C=O) groups excluding carboxylic acids is 1. The number of likely N-dealkylation sites (N-methyl/N-ethyl adjacent to an activating group) is 1. The van der Waals surface area contributed by atoms with Gasteiger partial charge in [0, 0.05) is 32.7 Å². The van der Waals surface area contributed by atoms with E-state index in [1.165, 1.54) is 11.0 Å². The molecule has 0 aliphatic carbocycles. The second kappa shape index (κ2) is 5.99. The van der Waals surface area contributed by atoms with E-state index in [-0.39, 0.29) is 23.3 Å². The number of phenols is 1. The first-order valence-electron chi connectivity index (χ1n) is 6.14. The first kappa shape index (κ1) is 13.8. The first-order chi connectivity index (χ1) is 9.08. The molecule has 1 unspecified atom stereocenters. The van der Waals surface area contributed by atoms with Crippen molar-refractivity contribution in [1.29, 1.82) is 0 Å². The molecule has 1 aliphatic rings. The number of nitrogens with zero attached hydrogens (tertiary/aromatic N) is 1. The highest BCUT2D eigenvalue weighted by atomic mass is 19.1. The second-order valence-electron chi connectivity index (χ2n) is 4.54. The zero-order chi connectivity index (χ0) is 13.8. The lowest BCUT2D eigenvalue weighted by Gasteiger charge is -2.28. The molecule has 1 heterocycles. The summed E-state index contributed by atoms with van der Waals surface area (Å²) in [5.41, 5.74) is 0.0904. The number of halogens is 1. The fraction of sp³-hybridized carbons (Fsp3) is 0.462. The highest BCUT2D eigenvalue weighted by Crippen LogP contribution is 2.19. The maximum Gasteiger partial charge on any atom is 0.257 e. The molecule has 1 aromatic rings. The topological polar surface area (TPSA) is 61.8 Å². The summed E-state index contributed by atoms with van der Waals surface area (Å²) in [6.45, 7) is 2.54. The SMILES string of the molecule is CN(CC1CNCCO1)C(=O)c1ccc(F)cc1O. The zero-order valence-corrected chi connectivity index (χ0v) is 10.7. The Morgan fingerprint density at radius 2 is 2.42 bits per heavy atom. The van der Waals surface area contributed by atoms with Gasteiger partial charge in [-0.3, -0.25) is 4.79 Å². The Balaban J connectivity index is 2.01. The van der Waals surface area contributed by atoms with Crippen molar-refractivity contribution in [3.63, 3.8) is 0 Å². The lowest BCUT2D eigenvalue weighted by molar-refractivity contribution is 0.0103. The van der Waals surface area contributed by atoms with Crippen molar-refractivity contribution in [1.82, 2.24) is 10.2 Å². The number of amides is 1. The van der Waals surface area contributed by atoms with E-state index >= 15 is 0 Å². The molecule has 0 radical (unpaired) electrons. The molecular weight excluding hydrogens is 251 g/mol. The van der Waals surface area contributed by atoms with E-state index in [1.807, 2.05) is 0 Å². The Bertz CT molecular complexity index is 461. The average Bonchev–Trinajstić information content (AvgIpc) is 2.39. The lowest BCUT2D eigenvalue weighted by atomic mass is 10.1. The predicted molar refractivity (Wildman–Crippen MR) is 67.6 cm³/mol. The number of ether oxygens (including phenoxy) is 1. The first-order valence-corrected chi connectivity index (χ1v) is 6.14. The third kappa shape index (κ3) is 3.42. The summed E-state index contributed by atoms with van der Waals surface area (Å²) in [5, 5.41) is 12.8. The van der Waals surface area contributed by atoms with E-state index in [1.54, 1.807) is 7.05 Å². The fourth-order valence-corrected chi connectivity index (χ4v) is 2.02. The Hall–Kier alpha value is -1.66. The van der Waals surface area contributed by atoms with Crippen LogP contribution in [-0.4, -0.2) is 55.3 Å². The summed E-state index contributed by atoms with van der Waals surface area (Å²) < 4.78 is 18.4. The minimum atomic E-state index is -0.573. The Kier molecular flexibility index (Phi) is 4.34. The van der Waals surface area contributed by atoms with Crippen molar-refractivity contribution < 1.29 is 19.0 Å².